The van der Waals surface area contributed by atoms with Crippen LogP contribution in [0.2, 0.25) is 0 Å². The zero-order chi connectivity index (χ0) is 7.28. The van der Waals surface area contributed by atoms with E-state index in [0.717, 1.165) is 0 Å². The van der Waals surface area contributed by atoms with Crippen LogP contribution in [0.1, 0.15) is 13.3 Å². The van der Waals surface area contributed by atoms with Crippen molar-refractivity contribution in [3.63, 3.8) is 0 Å². The molecule has 0 spiro atoms. The molecule has 4 heteroatoms. The van der Waals surface area contributed by atoms with Crippen molar-refractivity contribution >= 4 is 6.03 Å². The summed E-state index contributed by atoms with van der Waals surface area (Å²) in [5.41, 5.74) is 4.78. The highest BCUT2D eigenvalue weighted by atomic mass is 16.3. The molecule has 0 aromatic carbocycles. The third-order valence-corrected chi connectivity index (χ3v) is 1.06. The molecule has 0 aliphatic carbocycles. The van der Waals surface area contributed by atoms with Gasteiger partial charge in [0.1, 0.15) is 0 Å². The van der Waals surface area contributed by atoms with E-state index in [-0.39, 0.29) is 12.6 Å². The van der Waals surface area contributed by atoms with Crippen molar-refractivity contribution in [1.29, 1.82) is 0 Å². The summed E-state index contributed by atoms with van der Waals surface area (Å²) in [7, 11) is 0. The zero-order valence-electron chi connectivity index (χ0n) is 5.42. The second-order valence-electron chi connectivity index (χ2n) is 1.80. The highest BCUT2D eigenvalue weighted by molar-refractivity contribution is 5.71. The van der Waals surface area contributed by atoms with E-state index in [4.69, 9.17) is 10.8 Å². The first-order valence-corrected chi connectivity index (χ1v) is 2.87. The fourth-order valence-corrected chi connectivity index (χ4v) is 0.478. The largest absolute Gasteiger partial charge is 0.394 e. The Kier molecular flexibility index (Phi) is 3.79. The van der Waals surface area contributed by atoms with Gasteiger partial charge in [-0.2, -0.15) is 0 Å². The lowest BCUT2D eigenvalue weighted by Crippen LogP contribution is -2.40. The van der Waals surface area contributed by atoms with Crippen LogP contribution in [0.5, 0.6) is 0 Å². The molecule has 0 fully saturated rings. The van der Waals surface area contributed by atoms with Crippen LogP contribution in [0, 0.1) is 0 Å². The van der Waals surface area contributed by atoms with Gasteiger partial charge in [0.05, 0.1) is 12.6 Å². The number of amides is 2. The molecule has 9 heavy (non-hydrogen) atoms. The third-order valence-electron chi connectivity index (χ3n) is 1.06. The van der Waals surface area contributed by atoms with Crippen molar-refractivity contribution in [1.82, 2.24) is 5.32 Å². The predicted octanol–water partition coefficient (Wildman–Crippen LogP) is -0.574. The standard InChI is InChI=1S/C5H12N2O2/c1-2-4(3-8)7-5(6)9/h4,8H,2-3H2,1H3,(H3,6,7,9)/t4-/m0/s1. The Balaban J connectivity index is 3.43. The molecular formula is C5H12N2O2. The molecule has 4 N–H and O–H groups in total. The number of hydrogen-bond acceptors (Lipinski definition) is 2. The van der Waals surface area contributed by atoms with Crippen LogP contribution in [0.15, 0.2) is 0 Å². The molecule has 0 heterocycles. The average Bonchev–Trinajstić information content (AvgIpc) is 1.82. The molecule has 0 saturated heterocycles. The number of nitrogens with one attached hydrogen (secondary N) is 1. The number of nitrogens with two attached hydrogens (primary N) is 1. The van der Waals surface area contributed by atoms with Crippen molar-refractivity contribution in [2.75, 3.05) is 6.61 Å². The van der Waals surface area contributed by atoms with Crippen LogP contribution in [-0.4, -0.2) is 23.8 Å². The second kappa shape index (κ2) is 4.14. The van der Waals surface area contributed by atoms with E-state index in [1.54, 1.807) is 0 Å². The fraction of sp³-hybridized carbons (Fsp3) is 0.800. The molecule has 0 aromatic heterocycles. The first-order chi connectivity index (χ1) is 4.20. The van der Waals surface area contributed by atoms with Crippen molar-refractivity contribution in [3.05, 3.63) is 0 Å². The van der Waals surface area contributed by atoms with Gasteiger partial charge in [0.2, 0.25) is 0 Å². The van der Waals surface area contributed by atoms with Crippen molar-refractivity contribution in [3.8, 4) is 0 Å². The Morgan fingerprint density at radius 1 is 1.89 bits per heavy atom. The van der Waals surface area contributed by atoms with Crippen molar-refractivity contribution in [2.45, 2.75) is 19.4 Å². The summed E-state index contributed by atoms with van der Waals surface area (Å²) in [5, 5.41) is 10.9. The molecule has 1 atom stereocenters. The third kappa shape index (κ3) is 3.78. The van der Waals surface area contributed by atoms with Gasteiger partial charge in [0.25, 0.3) is 0 Å². The van der Waals surface area contributed by atoms with E-state index < -0.39 is 6.03 Å². The van der Waals surface area contributed by atoms with Crippen molar-refractivity contribution in [2.24, 2.45) is 5.73 Å². The number of rotatable bonds is 3. The number of carbonyl (C=O) groups is 1. The Morgan fingerprint density at radius 3 is 2.56 bits per heavy atom. The molecular weight excluding hydrogens is 120 g/mol. The predicted molar refractivity (Wildman–Crippen MR) is 33.9 cm³/mol. The molecule has 0 unspecified atom stereocenters. The molecule has 4 nitrogen and oxygen atoms in total. The summed E-state index contributed by atoms with van der Waals surface area (Å²) >= 11 is 0. The van der Waals surface area contributed by atoms with Gasteiger partial charge >= 0.3 is 6.03 Å². The number of aliphatic hydroxyl groups is 1. The van der Waals surface area contributed by atoms with Gasteiger partial charge in [-0.15, -0.1) is 0 Å². The minimum absolute atomic E-state index is 0.0561. The normalized spacial score (nSPS) is 12.7. The molecule has 0 aliphatic heterocycles. The molecule has 0 saturated carbocycles. The first-order valence-electron chi connectivity index (χ1n) is 2.87. The van der Waals surface area contributed by atoms with Gasteiger partial charge in [-0.05, 0) is 6.42 Å². The Labute approximate surface area is 54.0 Å². The Bertz CT molecular complexity index is 91.0. The summed E-state index contributed by atoms with van der Waals surface area (Å²) in [4.78, 5) is 10.1. The number of aliphatic hydroxyl groups excluding tert-OH is 1. The van der Waals surface area contributed by atoms with E-state index in [1.807, 2.05) is 6.92 Å². The number of hydrogen-bond donors (Lipinski definition) is 3. The Hall–Kier alpha value is -0.770. The Morgan fingerprint density at radius 2 is 2.44 bits per heavy atom. The topological polar surface area (TPSA) is 75.3 Å². The monoisotopic (exact) mass is 132 g/mol. The summed E-state index contributed by atoms with van der Waals surface area (Å²) in [5.74, 6) is 0. The van der Waals surface area contributed by atoms with E-state index in [1.165, 1.54) is 0 Å². The number of carbonyl (C=O) groups excluding carboxylic acids is 1. The number of primary amides is 1. The lowest BCUT2D eigenvalue weighted by molar-refractivity contribution is 0.220. The maximum atomic E-state index is 10.1. The van der Waals surface area contributed by atoms with E-state index in [0.29, 0.717) is 6.42 Å². The minimum Gasteiger partial charge on any atom is -0.394 e. The van der Waals surface area contributed by atoms with E-state index in [9.17, 15) is 4.79 Å². The first kappa shape index (κ1) is 8.23. The summed E-state index contributed by atoms with van der Waals surface area (Å²) < 4.78 is 0. The van der Waals surface area contributed by atoms with Crippen LogP contribution in [-0.2, 0) is 0 Å². The van der Waals surface area contributed by atoms with Gasteiger partial charge in [0, 0.05) is 0 Å². The lowest BCUT2D eigenvalue weighted by atomic mass is 10.2. The highest BCUT2D eigenvalue weighted by Crippen LogP contribution is 1.86. The molecule has 54 valence electrons. The zero-order valence-corrected chi connectivity index (χ0v) is 5.42. The van der Waals surface area contributed by atoms with Gasteiger partial charge in [-0.1, -0.05) is 6.92 Å². The van der Waals surface area contributed by atoms with Crippen LogP contribution in [0.4, 0.5) is 4.79 Å². The van der Waals surface area contributed by atoms with Gasteiger partial charge in [-0.25, -0.2) is 4.79 Å². The smallest absolute Gasteiger partial charge is 0.312 e. The minimum atomic E-state index is -0.587. The van der Waals surface area contributed by atoms with E-state index in [2.05, 4.69) is 5.32 Å². The second-order valence-corrected chi connectivity index (χ2v) is 1.80. The maximum Gasteiger partial charge on any atom is 0.312 e. The van der Waals surface area contributed by atoms with Crippen LogP contribution < -0.4 is 11.1 Å². The molecule has 0 rings (SSSR count). The summed E-state index contributed by atoms with van der Waals surface area (Å²) in [6.07, 6.45) is 0.694. The molecule has 0 radical (unpaired) electrons. The van der Waals surface area contributed by atoms with Crippen LogP contribution >= 0.6 is 0 Å². The highest BCUT2D eigenvalue weighted by Gasteiger charge is 2.03. The molecule has 0 aromatic rings. The van der Waals surface area contributed by atoms with Gasteiger partial charge < -0.3 is 16.2 Å². The maximum absolute atomic E-state index is 10.1. The SMILES string of the molecule is CC[C@@H](CO)NC(N)=O. The summed E-state index contributed by atoms with van der Waals surface area (Å²) in [6, 6.07) is -0.779. The van der Waals surface area contributed by atoms with Crippen molar-refractivity contribution < 1.29 is 9.90 Å². The van der Waals surface area contributed by atoms with Crippen LogP contribution in [0.3, 0.4) is 0 Å². The lowest BCUT2D eigenvalue weighted by Gasteiger charge is -2.10. The molecule has 2 amide bonds. The quantitative estimate of drug-likeness (QED) is 0.480. The molecule has 0 aliphatic rings. The van der Waals surface area contributed by atoms with E-state index >= 15 is 0 Å². The average molecular weight is 132 g/mol. The van der Waals surface area contributed by atoms with Gasteiger partial charge in [-0.3, -0.25) is 0 Å². The van der Waals surface area contributed by atoms with Crippen LogP contribution in [0.25, 0.3) is 0 Å². The molecule has 0 bridgehead atoms. The summed E-state index contributed by atoms with van der Waals surface area (Å²) in [6.45, 7) is 1.80. The van der Waals surface area contributed by atoms with Gasteiger partial charge in [0.15, 0.2) is 0 Å². The fourth-order valence-electron chi connectivity index (χ4n) is 0.478. The number of urea groups is 1.